The molecule has 0 saturated carbocycles. The first-order valence-electron chi connectivity index (χ1n) is 9.12. The van der Waals surface area contributed by atoms with Gasteiger partial charge in [0.2, 0.25) is 5.91 Å². The van der Waals surface area contributed by atoms with E-state index in [1.165, 1.54) is 5.56 Å². The zero-order chi connectivity index (χ0) is 19.6. The quantitative estimate of drug-likeness (QED) is 0.751. The molecule has 0 aliphatic carbocycles. The molecule has 0 unspecified atom stereocenters. The standard InChI is InChI=1S/C19H24ClN3O4/c1-11-9-13(10-15(27-2)17(11)20)12-5-7-23(8-6-12)16(24)4-3-14-18(25)22-19(26)21-14/h9-10,12,14H,3-8H2,1-2H3,(H2,21,22,25,26)/t14-/m1/s1. The van der Waals surface area contributed by atoms with Crippen LogP contribution in [0.5, 0.6) is 5.75 Å². The summed E-state index contributed by atoms with van der Waals surface area (Å²) in [6, 6.07) is 2.98. The molecule has 7 nitrogen and oxygen atoms in total. The van der Waals surface area contributed by atoms with Crippen LogP contribution < -0.4 is 15.4 Å². The number of urea groups is 1. The Balaban J connectivity index is 1.53. The van der Waals surface area contributed by atoms with E-state index in [2.05, 4.69) is 16.7 Å². The summed E-state index contributed by atoms with van der Waals surface area (Å²) in [4.78, 5) is 36.9. The van der Waals surface area contributed by atoms with Gasteiger partial charge < -0.3 is 15.0 Å². The van der Waals surface area contributed by atoms with Gasteiger partial charge in [-0.1, -0.05) is 17.7 Å². The van der Waals surface area contributed by atoms with Crippen molar-refractivity contribution in [1.82, 2.24) is 15.5 Å². The molecule has 0 aromatic heterocycles. The summed E-state index contributed by atoms with van der Waals surface area (Å²) in [5.41, 5.74) is 2.17. The first-order chi connectivity index (χ1) is 12.9. The maximum absolute atomic E-state index is 12.4. The number of carbonyl (C=O) groups excluding carboxylic acids is 3. The Morgan fingerprint density at radius 1 is 1.30 bits per heavy atom. The predicted octanol–water partition coefficient (Wildman–Crippen LogP) is 2.35. The van der Waals surface area contributed by atoms with Crippen LogP contribution in [0.3, 0.4) is 0 Å². The first-order valence-corrected chi connectivity index (χ1v) is 9.50. The van der Waals surface area contributed by atoms with E-state index < -0.39 is 12.1 Å². The summed E-state index contributed by atoms with van der Waals surface area (Å²) in [5.74, 6) is 0.701. The molecular formula is C19H24ClN3O4. The van der Waals surface area contributed by atoms with Gasteiger partial charge in [-0.3, -0.25) is 14.9 Å². The number of piperidine rings is 1. The molecule has 2 N–H and O–H groups in total. The second-order valence-corrected chi connectivity index (χ2v) is 7.44. The van der Waals surface area contributed by atoms with Gasteiger partial charge in [0.05, 0.1) is 12.1 Å². The number of carbonyl (C=O) groups is 3. The van der Waals surface area contributed by atoms with Crippen LogP contribution in [0.4, 0.5) is 4.79 Å². The molecule has 0 radical (unpaired) electrons. The average Bonchev–Trinajstić information content (AvgIpc) is 2.99. The zero-order valence-corrected chi connectivity index (χ0v) is 16.3. The highest BCUT2D eigenvalue weighted by atomic mass is 35.5. The Morgan fingerprint density at radius 3 is 2.59 bits per heavy atom. The number of aryl methyl sites for hydroxylation is 1. The van der Waals surface area contributed by atoms with E-state index in [0.717, 1.165) is 18.4 Å². The van der Waals surface area contributed by atoms with Crippen molar-refractivity contribution in [1.29, 1.82) is 0 Å². The molecule has 2 fully saturated rings. The van der Waals surface area contributed by atoms with E-state index in [0.29, 0.717) is 36.2 Å². The monoisotopic (exact) mass is 393 g/mol. The minimum absolute atomic E-state index is 0.0206. The molecular weight excluding hydrogens is 370 g/mol. The van der Waals surface area contributed by atoms with Gasteiger partial charge in [-0.15, -0.1) is 0 Å². The maximum atomic E-state index is 12.4. The molecule has 2 aliphatic heterocycles. The number of halogens is 1. The van der Waals surface area contributed by atoms with Crippen molar-refractivity contribution in [2.45, 2.75) is 44.6 Å². The fourth-order valence-electron chi connectivity index (χ4n) is 3.70. The van der Waals surface area contributed by atoms with Crippen molar-refractivity contribution >= 4 is 29.4 Å². The van der Waals surface area contributed by atoms with Crippen LogP contribution in [0.1, 0.15) is 42.7 Å². The van der Waals surface area contributed by atoms with Crippen LogP contribution in [-0.4, -0.2) is 49.0 Å². The second-order valence-electron chi connectivity index (χ2n) is 7.06. The number of methoxy groups -OCH3 is 1. The second kappa shape index (κ2) is 8.17. The first kappa shape index (κ1) is 19.5. The van der Waals surface area contributed by atoms with E-state index in [1.54, 1.807) is 7.11 Å². The Bertz CT molecular complexity index is 760. The van der Waals surface area contributed by atoms with Gasteiger partial charge in [-0.25, -0.2) is 4.79 Å². The van der Waals surface area contributed by atoms with E-state index in [-0.39, 0.29) is 18.2 Å². The fraction of sp³-hybridized carbons (Fsp3) is 0.526. The molecule has 2 saturated heterocycles. The smallest absolute Gasteiger partial charge is 0.322 e. The molecule has 27 heavy (non-hydrogen) atoms. The summed E-state index contributed by atoms with van der Waals surface area (Å²) in [6.07, 6.45) is 2.31. The molecule has 146 valence electrons. The Kier molecular flexibility index (Phi) is 5.89. The number of hydrogen-bond acceptors (Lipinski definition) is 4. The lowest BCUT2D eigenvalue weighted by molar-refractivity contribution is -0.132. The fourth-order valence-corrected chi connectivity index (χ4v) is 3.88. The van der Waals surface area contributed by atoms with Gasteiger partial charge in [0, 0.05) is 19.5 Å². The van der Waals surface area contributed by atoms with Crippen molar-refractivity contribution in [2.75, 3.05) is 20.2 Å². The number of amides is 4. The van der Waals surface area contributed by atoms with Crippen molar-refractivity contribution in [3.05, 3.63) is 28.3 Å². The molecule has 1 aromatic carbocycles. The van der Waals surface area contributed by atoms with Gasteiger partial charge in [-0.2, -0.15) is 0 Å². The topological polar surface area (TPSA) is 87.7 Å². The molecule has 4 amide bonds. The lowest BCUT2D eigenvalue weighted by Gasteiger charge is -2.33. The minimum Gasteiger partial charge on any atom is -0.495 e. The molecule has 0 bridgehead atoms. The lowest BCUT2D eigenvalue weighted by atomic mass is 9.88. The highest BCUT2D eigenvalue weighted by molar-refractivity contribution is 6.32. The maximum Gasteiger partial charge on any atom is 0.322 e. The van der Waals surface area contributed by atoms with E-state index in [4.69, 9.17) is 16.3 Å². The number of nitrogens with zero attached hydrogens (tertiary/aromatic N) is 1. The highest BCUT2D eigenvalue weighted by Crippen LogP contribution is 2.36. The molecule has 8 heteroatoms. The number of nitrogens with one attached hydrogen (secondary N) is 2. The van der Waals surface area contributed by atoms with Crippen molar-refractivity contribution in [3.8, 4) is 5.75 Å². The largest absolute Gasteiger partial charge is 0.495 e. The van der Waals surface area contributed by atoms with Crippen LogP contribution >= 0.6 is 11.6 Å². The van der Waals surface area contributed by atoms with E-state index in [9.17, 15) is 14.4 Å². The molecule has 2 aliphatic rings. The average molecular weight is 394 g/mol. The Labute approximate surface area is 163 Å². The Morgan fingerprint density at radius 2 is 2.00 bits per heavy atom. The highest BCUT2D eigenvalue weighted by Gasteiger charge is 2.31. The van der Waals surface area contributed by atoms with Crippen LogP contribution in [0.25, 0.3) is 0 Å². The third kappa shape index (κ3) is 4.35. The van der Waals surface area contributed by atoms with Crippen LogP contribution in [-0.2, 0) is 9.59 Å². The number of imide groups is 1. The summed E-state index contributed by atoms with van der Waals surface area (Å²) in [7, 11) is 1.61. The summed E-state index contributed by atoms with van der Waals surface area (Å²) in [6.45, 7) is 3.32. The molecule has 3 rings (SSSR count). The Hall–Kier alpha value is -2.28. The minimum atomic E-state index is -0.608. The summed E-state index contributed by atoms with van der Waals surface area (Å²) < 4.78 is 5.35. The van der Waals surface area contributed by atoms with E-state index >= 15 is 0 Å². The SMILES string of the molecule is COc1cc(C2CCN(C(=O)CC[C@H]3NC(=O)NC3=O)CC2)cc(C)c1Cl. The summed E-state index contributed by atoms with van der Waals surface area (Å²) >= 11 is 6.24. The zero-order valence-electron chi connectivity index (χ0n) is 15.5. The number of likely N-dealkylation sites (tertiary alicyclic amines) is 1. The number of benzene rings is 1. The van der Waals surface area contributed by atoms with Crippen molar-refractivity contribution in [3.63, 3.8) is 0 Å². The number of ether oxygens (including phenoxy) is 1. The normalized spacial score (nSPS) is 20.4. The molecule has 0 spiro atoms. The third-order valence-electron chi connectivity index (χ3n) is 5.29. The molecule has 1 aromatic rings. The van der Waals surface area contributed by atoms with Crippen LogP contribution in [0, 0.1) is 6.92 Å². The van der Waals surface area contributed by atoms with Gasteiger partial charge in [0.15, 0.2) is 0 Å². The number of rotatable bonds is 5. The van der Waals surface area contributed by atoms with Gasteiger partial charge >= 0.3 is 6.03 Å². The van der Waals surface area contributed by atoms with Crippen LogP contribution in [0.2, 0.25) is 5.02 Å². The van der Waals surface area contributed by atoms with Gasteiger partial charge in [0.25, 0.3) is 5.91 Å². The predicted molar refractivity (Wildman–Crippen MR) is 101 cm³/mol. The molecule has 2 heterocycles. The van der Waals surface area contributed by atoms with Gasteiger partial charge in [-0.05, 0) is 49.3 Å². The van der Waals surface area contributed by atoms with Crippen molar-refractivity contribution in [2.24, 2.45) is 0 Å². The summed E-state index contributed by atoms with van der Waals surface area (Å²) in [5, 5.41) is 5.33. The number of hydrogen-bond donors (Lipinski definition) is 2. The van der Waals surface area contributed by atoms with E-state index in [1.807, 2.05) is 17.9 Å². The van der Waals surface area contributed by atoms with Crippen molar-refractivity contribution < 1.29 is 19.1 Å². The lowest BCUT2D eigenvalue weighted by Crippen LogP contribution is -2.39. The van der Waals surface area contributed by atoms with Crippen LogP contribution in [0.15, 0.2) is 12.1 Å². The third-order valence-corrected chi connectivity index (χ3v) is 5.77. The molecule has 1 atom stereocenters. The van der Waals surface area contributed by atoms with Gasteiger partial charge in [0.1, 0.15) is 11.8 Å².